The minimum Gasteiger partial charge on any atom is -0.489 e. The van der Waals surface area contributed by atoms with E-state index in [0.29, 0.717) is 6.04 Å². The fourth-order valence-corrected chi connectivity index (χ4v) is 2.98. The van der Waals surface area contributed by atoms with Crippen molar-refractivity contribution in [2.75, 3.05) is 6.54 Å². The van der Waals surface area contributed by atoms with Crippen molar-refractivity contribution in [2.45, 2.75) is 65.0 Å². The molecule has 0 heterocycles. The summed E-state index contributed by atoms with van der Waals surface area (Å²) in [5.41, 5.74) is 3.01. The van der Waals surface area contributed by atoms with E-state index in [4.69, 9.17) is 4.74 Å². The van der Waals surface area contributed by atoms with Crippen LogP contribution >= 0.6 is 0 Å². The fraction of sp³-hybridized carbons (Fsp3) is 0.647. The van der Waals surface area contributed by atoms with E-state index in [2.05, 4.69) is 44.3 Å². The Kier molecular flexibility index (Phi) is 5.26. The lowest BCUT2D eigenvalue weighted by molar-refractivity contribution is 0.168. The molecule has 2 unspecified atom stereocenters. The zero-order valence-electron chi connectivity index (χ0n) is 12.5. The summed E-state index contributed by atoms with van der Waals surface area (Å²) in [5.74, 6) is 1.03. The van der Waals surface area contributed by atoms with E-state index in [0.717, 1.165) is 18.7 Å². The zero-order chi connectivity index (χ0) is 13.7. The van der Waals surface area contributed by atoms with Crippen LogP contribution in [0.2, 0.25) is 0 Å². The van der Waals surface area contributed by atoms with Crippen LogP contribution in [0.3, 0.4) is 0 Å². The van der Waals surface area contributed by atoms with Gasteiger partial charge in [0.15, 0.2) is 0 Å². The van der Waals surface area contributed by atoms with E-state index in [1.54, 1.807) is 0 Å². The molecule has 0 saturated heterocycles. The molecule has 0 radical (unpaired) electrons. The minimum absolute atomic E-state index is 0.214. The number of hydrogen-bond donors (Lipinski definition) is 1. The molecule has 0 spiro atoms. The van der Waals surface area contributed by atoms with Crippen LogP contribution < -0.4 is 10.1 Å². The van der Waals surface area contributed by atoms with E-state index in [1.807, 2.05) is 0 Å². The van der Waals surface area contributed by atoms with Gasteiger partial charge in [-0.05, 0) is 68.8 Å². The molecule has 0 aliphatic heterocycles. The van der Waals surface area contributed by atoms with Crippen LogP contribution in [0.15, 0.2) is 18.2 Å². The first-order valence-corrected chi connectivity index (χ1v) is 7.76. The number of ether oxygens (including phenoxy) is 1. The molecule has 0 saturated carbocycles. The molecule has 0 fully saturated rings. The topological polar surface area (TPSA) is 21.3 Å². The van der Waals surface area contributed by atoms with Crippen molar-refractivity contribution in [3.63, 3.8) is 0 Å². The van der Waals surface area contributed by atoms with Crippen molar-refractivity contribution >= 4 is 0 Å². The molecule has 0 bridgehead atoms. The summed E-state index contributed by atoms with van der Waals surface area (Å²) in [7, 11) is 0. The molecule has 1 N–H and O–H groups in total. The van der Waals surface area contributed by atoms with Gasteiger partial charge in [-0.3, -0.25) is 0 Å². The first kappa shape index (κ1) is 14.4. The summed E-state index contributed by atoms with van der Waals surface area (Å²) in [4.78, 5) is 0. The molecule has 1 aliphatic carbocycles. The van der Waals surface area contributed by atoms with Crippen molar-refractivity contribution in [3.8, 4) is 5.75 Å². The SMILES string of the molecule is CCNC(CC)C(C)Oc1ccc2c(c1)CCCC2. The van der Waals surface area contributed by atoms with Gasteiger partial charge in [0.05, 0.1) is 0 Å². The monoisotopic (exact) mass is 261 g/mol. The van der Waals surface area contributed by atoms with Crippen molar-refractivity contribution in [1.29, 1.82) is 0 Å². The highest BCUT2D eigenvalue weighted by molar-refractivity contribution is 5.37. The van der Waals surface area contributed by atoms with Gasteiger partial charge in [-0.2, -0.15) is 0 Å². The highest BCUT2D eigenvalue weighted by Crippen LogP contribution is 2.26. The second-order valence-corrected chi connectivity index (χ2v) is 5.53. The smallest absolute Gasteiger partial charge is 0.120 e. The Balaban J connectivity index is 2.02. The van der Waals surface area contributed by atoms with Gasteiger partial charge < -0.3 is 10.1 Å². The number of nitrogens with one attached hydrogen (secondary N) is 1. The summed E-state index contributed by atoms with van der Waals surface area (Å²) in [5, 5.41) is 3.49. The van der Waals surface area contributed by atoms with Gasteiger partial charge >= 0.3 is 0 Å². The Morgan fingerprint density at radius 1 is 1.16 bits per heavy atom. The molecule has 0 amide bonds. The Labute approximate surface area is 117 Å². The average molecular weight is 261 g/mol. The number of benzene rings is 1. The molecule has 2 rings (SSSR count). The van der Waals surface area contributed by atoms with Gasteiger partial charge in [0.25, 0.3) is 0 Å². The van der Waals surface area contributed by atoms with Crippen LogP contribution in [0.5, 0.6) is 5.75 Å². The second kappa shape index (κ2) is 6.95. The van der Waals surface area contributed by atoms with E-state index < -0.39 is 0 Å². The van der Waals surface area contributed by atoms with Crippen LogP contribution in [0.1, 0.15) is 51.2 Å². The van der Waals surface area contributed by atoms with Crippen molar-refractivity contribution in [2.24, 2.45) is 0 Å². The van der Waals surface area contributed by atoms with Gasteiger partial charge in [-0.25, -0.2) is 0 Å². The lowest BCUT2D eigenvalue weighted by atomic mass is 9.92. The summed E-state index contributed by atoms with van der Waals surface area (Å²) < 4.78 is 6.12. The largest absolute Gasteiger partial charge is 0.489 e. The van der Waals surface area contributed by atoms with Crippen LogP contribution in [-0.2, 0) is 12.8 Å². The number of aryl methyl sites for hydroxylation is 2. The molecule has 1 aromatic carbocycles. The van der Waals surface area contributed by atoms with Crippen molar-refractivity contribution in [1.82, 2.24) is 5.32 Å². The van der Waals surface area contributed by atoms with Crippen LogP contribution in [0, 0.1) is 0 Å². The summed E-state index contributed by atoms with van der Waals surface area (Å²) in [6.07, 6.45) is 6.42. The van der Waals surface area contributed by atoms with Crippen molar-refractivity contribution < 1.29 is 4.74 Å². The Bertz CT molecular complexity index is 402. The van der Waals surface area contributed by atoms with Crippen LogP contribution in [0.25, 0.3) is 0 Å². The molecule has 19 heavy (non-hydrogen) atoms. The predicted molar refractivity (Wildman–Crippen MR) is 80.9 cm³/mol. The molecule has 1 aromatic rings. The fourth-order valence-electron chi connectivity index (χ4n) is 2.98. The molecule has 0 aromatic heterocycles. The normalized spacial score (nSPS) is 17.6. The van der Waals surface area contributed by atoms with E-state index in [1.165, 1.54) is 36.8 Å². The number of likely N-dealkylation sites (N-methyl/N-ethyl adjacent to an activating group) is 1. The first-order chi connectivity index (χ1) is 9.24. The van der Waals surface area contributed by atoms with E-state index >= 15 is 0 Å². The quantitative estimate of drug-likeness (QED) is 0.842. The summed E-state index contributed by atoms with van der Waals surface area (Å²) in [6.45, 7) is 7.51. The highest BCUT2D eigenvalue weighted by Gasteiger charge is 2.17. The molecule has 2 heteroatoms. The summed E-state index contributed by atoms with van der Waals surface area (Å²) >= 11 is 0. The second-order valence-electron chi connectivity index (χ2n) is 5.53. The van der Waals surface area contributed by atoms with E-state index in [-0.39, 0.29) is 6.10 Å². The van der Waals surface area contributed by atoms with Crippen LogP contribution in [-0.4, -0.2) is 18.7 Å². The van der Waals surface area contributed by atoms with Crippen LogP contribution in [0.4, 0.5) is 0 Å². The first-order valence-electron chi connectivity index (χ1n) is 7.76. The maximum Gasteiger partial charge on any atom is 0.120 e. The third-order valence-electron chi connectivity index (χ3n) is 4.11. The molecule has 106 valence electrons. The molecule has 2 nitrogen and oxygen atoms in total. The molecule has 2 atom stereocenters. The Hall–Kier alpha value is -1.02. The summed E-state index contributed by atoms with van der Waals surface area (Å²) in [6, 6.07) is 7.08. The standard InChI is InChI=1S/C17H27NO/c1-4-17(18-5-2)13(3)19-16-11-10-14-8-6-7-9-15(14)12-16/h10-13,17-18H,4-9H2,1-3H3. The van der Waals surface area contributed by atoms with Gasteiger partial charge in [0.2, 0.25) is 0 Å². The lowest BCUT2D eigenvalue weighted by Gasteiger charge is -2.25. The third-order valence-corrected chi connectivity index (χ3v) is 4.11. The Morgan fingerprint density at radius 3 is 2.58 bits per heavy atom. The number of hydrogen-bond acceptors (Lipinski definition) is 2. The average Bonchev–Trinajstić information content (AvgIpc) is 2.44. The third kappa shape index (κ3) is 3.73. The minimum atomic E-state index is 0.214. The zero-order valence-corrected chi connectivity index (χ0v) is 12.5. The molecule has 1 aliphatic rings. The Morgan fingerprint density at radius 2 is 1.89 bits per heavy atom. The van der Waals surface area contributed by atoms with Gasteiger partial charge in [-0.1, -0.05) is 19.9 Å². The lowest BCUT2D eigenvalue weighted by Crippen LogP contribution is -2.40. The van der Waals surface area contributed by atoms with Gasteiger partial charge in [-0.15, -0.1) is 0 Å². The maximum absolute atomic E-state index is 6.12. The molecular weight excluding hydrogens is 234 g/mol. The molecular formula is C17H27NO. The van der Waals surface area contributed by atoms with Gasteiger partial charge in [0, 0.05) is 6.04 Å². The van der Waals surface area contributed by atoms with Crippen molar-refractivity contribution in [3.05, 3.63) is 29.3 Å². The predicted octanol–water partition coefficient (Wildman–Crippen LogP) is 3.72. The number of rotatable bonds is 6. The maximum atomic E-state index is 6.12. The highest BCUT2D eigenvalue weighted by atomic mass is 16.5. The van der Waals surface area contributed by atoms with Gasteiger partial charge in [0.1, 0.15) is 11.9 Å². The van der Waals surface area contributed by atoms with E-state index in [9.17, 15) is 0 Å². The number of fused-ring (bicyclic) bond motifs is 1.